The average Bonchev–Trinajstić information content (AvgIpc) is 2.28. The van der Waals surface area contributed by atoms with Crippen molar-refractivity contribution in [1.82, 2.24) is 4.31 Å². The molecular weight excluding hydrogens is 252 g/mol. The molecule has 0 amide bonds. The third-order valence-corrected chi connectivity index (χ3v) is 4.74. The molecule has 3 N–H and O–H groups in total. The Hall–Kier alpha value is -0.950. The summed E-state index contributed by atoms with van der Waals surface area (Å²) in [5.41, 5.74) is 6.99. The Balaban J connectivity index is 3.06. The molecule has 0 bridgehead atoms. The van der Waals surface area contributed by atoms with Gasteiger partial charge in [-0.2, -0.15) is 4.31 Å². The Kier molecular flexibility index (Phi) is 4.86. The highest BCUT2D eigenvalue weighted by atomic mass is 32.2. The van der Waals surface area contributed by atoms with Crippen LogP contribution in [0.2, 0.25) is 0 Å². The molecule has 1 rings (SSSR count). The number of aliphatic hydroxyl groups excluding tert-OH is 1. The zero-order valence-electron chi connectivity index (χ0n) is 10.9. The topological polar surface area (TPSA) is 83.6 Å². The van der Waals surface area contributed by atoms with Gasteiger partial charge in [0.25, 0.3) is 0 Å². The molecule has 0 spiro atoms. The fourth-order valence-corrected chi connectivity index (χ4v) is 3.14. The minimum Gasteiger partial charge on any atom is -0.390 e. The lowest BCUT2D eigenvalue weighted by atomic mass is 10.2. The van der Waals surface area contributed by atoms with Gasteiger partial charge in [0, 0.05) is 20.1 Å². The van der Waals surface area contributed by atoms with Crippen LogP contribution in [0.5, 0.6) is 0 Å². The van der Waals surface area contributed by atoms with E-state index in [0.29, 0.717) is 5.56 Å². The zero-order valence-corrected chi connectivity index (χ0v) is 11.7. The Bertz CT molecular complexity index is 514. The summed E-state index contributed by atoms with van der Waals surface area (Å²) in [6.45, 7) is 3.69. The molecule has 0 saturated heterocycles. The van der Waals surface area contributed by atoms with Gasteiger partial charge in [-0.1, -0.05) is 17.7 Å². The first-order chi connectivity index (χ1) is 8.28. The van der Waals surface area contributed by atoms with Gasteiger partial charge in [0.15, 0.2) is 0 Å². The summed E-state index contributed by atoms with van der Waals surface area (Å²) in [5.74, 6) is 0. The van der Waals surface area contributed by atoms with E-state index in [-0.39, 0.29) is 18.0 Å². The van der Waals surface area contributed by atoms with Gasteiger partial charge in [0.1, 0.15) is 0 Å². The molecule has 18 heavy (non-hydrogen) atoms. The van der Waals surface area contributed by atoms with Crippen LogP contribution in [0, 0.1) is 13.8 Å². The number of hydrogen-bond acceptors (Lipinski definition) is 4. The third-order valence-electron chi connectivity index (χ3n) is 2.76. The van der Waals surface area contributed by atoms with Crippen LogP contribution >= 0.6 is 0 Å². The maximum absolute atomic E-state index is 12.3. The second kappa shape index (κ2) is 5.79. The molecule has 102 valence electrons. The summed E-state index contributed by atoms with van der Waals surface area (Å²) in [5, 5.41) is 9.42. The number of aryl methyl sites for hydroxylation is 2. The molecular formula is C12H20N2O3S. The molecule has 1 atom stereocenters. The van der Waals surface area contributed by atoms with Crippen molar-refractivity contribution >= 4 is 10.0 Å². The lowest BCUT2D eigenvalue weighted by molar-refractivity contribution is 0.160. The maximum atomic E-state index is 12.3. The molecule has 0 aliphatic rings. The largest absolute Gasteiger partial charge is 0.390 e. The van der Waals surface area contributed by atoms with E-state index in [1.165, 1.54) is 7.05 Å². The van der Waals surface area contributed by atoms with Crippen LogP contribution in [0.25, 0.3) is 0 Å². The molecule has 0 heterocycles. The van der Waals surface area contributed by atoms with Gasteiger partial charge in [0.05, 0.1) is 11.0 Å². The van der Waals surface area contributed by atoms with E-state index >= 15 is 0 Å². The minimum atomic E-state index is -3.57. The summed E-state index contributed by atoms with van der Waals surface area (Å²) in [4.78, 5) is 0.264. The molecule has 1 aromatic rings. The fourth-order valence-electron chi connectivity index (χ4n) is 1.73. The van der Waals surface area contributed by atoms with E-state index in [9.17, 15) is 13.5 Å². The quantitative estimate of drug-likeness (QED) is 0.804. The summed E-state index contributed by atoms with van der Waals surface area (Å²) in [7, 11) is -2.14. The number of benzene rings is 1. The van der Waals surface area contributed by atoms with Crippen molar-refractivity contribution in [1.29, 1.82) is 0 Å². The first-order valence-electron chi connectivity index (χ1n) is 5.70. The van der Waals surface area contributed by atoms with Crippen LogP contribution < -0.4 is 5.73 Å². The summed E-state index contributed by atoms with van der Waals surface area (Å²) < 4.78 is 25.7. The summed E-state index contributed by atoms with van der Waals surface area (Å²) >= 11 is 0. The second-order valence-corrected chi connectivity index (χ2v) is 6.46. The van der Waals surface area contributed by atoms with Crippen LogP contribution in [0.15, 0.2) is 23.1 Å². The van der Waals surface area contributed by atoms with Gasteiger partial charge in [-0.25, -0.2) is 8.42 Å². The highest BCUT2D eigenvalue weighted by Crippen LogP contribution is 2.20. The SMILES string of the molecule is Cc1ccc(S(=O)(=O)N(C)CC(O)CN)c(C)c1. The number of nitrogens with zero attached hydrogens (tertiary/aromatic N) is 1. The van der Waals surface area contributed by atoms with Crippen LogP contribution in [-0.2, 0) is 10.0 Å². The number of likely N-dealkylation sites (N-methyl/N-ethyl adjacent to an activating group) is 1. The van der Waals surface area contributed by atoms with E-state index in [2.05, 4.69) is 0 Å². The van der Waals surface area contributed by atoms with Crippen LogP contribution in [0.3, 0.4) is 0 Å². The van der Waals surface area contributed by atoms with E-state index < -0.39 is 16.1 Å². The lowest BCUT2D eigenvalue weighted by Crippen LogP contribution is -2.37. The van der Waals surface area contributed by atoms with E-state index in [1.54, 1.807) is 19.1 Å². The van der Waals surface area contributed by atoms with Gasteiger partial charge >= 0.3 is 0 Å². The van der Waals surface area contributed by atoms with Crippen molar-refractivity contribution in [2.75, 3.05) is 20.1 Å². The maximum Gasteiger partial charge on any atom is 0.243 e. The van der Waals surface area contributed by atoms with Crippen molar-refractivity contribution in [2.24, 2.45) is 5.73 Å². The average molecular weight is 272 g/mol. The normalized spacial score (nSPS) is 13.9. The molecule has 0 saturated carbocycles. The smallest absolute Gasteiger partial charge is 0.243 e. The molecule has 5 nitrogen and oxygen atoms in total. The van der Waals surface area contributed by atoms with Crippen molar-refractivity contribution in [3.8, 4) is 0 Å². The number of hydrogen-bond donors (Lipinski definition) is 2. The molecule has 0 aliphatic carbocycles. The fraction of sp³-hybridized carbons (Fsp3) is 0.500. The molecule has 0 fully saturated rings. The van der Waals surface area contributed by atoms with Crippen LogP contribution in [-0.4, -0.2) is 44.1 Å². The number of aliphatic hydroxyl groups is 1. The molecule has 0 radical (unpaired) electrons. The zero-order chi connectivity index (χ0) is 13.9. The lowest BCUT2D eigenvalue weighted by Gasteiger charge is -2.20. The standard InChI is InChI=1S/C12H20N2O3S/c1-9-4-5-12(10(2)6-9)18(16,17)14(3)8-11(15)7-13/h4-6,11,15H,7-8,13H2,1-3H3. The van der Waals surface area contributed by atoms with Crippen molar-refractivity contribution < 1.29 is 13.5 Å². The molecule has 1 unspecified atom stereocenters. The molecule has 0 aromatic heterocycles. The van der Waals surface area contributed by atoms with Crippen molar-refractivity contribution in [2.45, 2.75) is 24.8 Å². The van der Waals surface area contributed by atoms with Gasteiger partial charge < -0.3 is 10.8 Å². The van der Waals surface area contributed by atoms with E-state index in [0.717, 1.165) is 9.87 Å². The predicted octanol–water partition coefficient (Wildman–Crippen LogP) is 0.244. The van der Waals surface area contributed by atoms with E-state index in [4.69, 9.17) is 5.73 Å². The Morgan fingerprint density at radius 2 is 2.00 bits per heavy atom. The Morgan fingerprint density at radius 3 is 2.50 bits per heavy atom. The predicted molar refractivity (Wildman–Crippen MR) is 70.8 cm³/mol. The Morgan fingerprint density at radius 1 is 1.39 bits per heavy atom. The number of nitrogens with two attached hydrogens (primary N) is 1. The number of rotatable bonds is 5. The van der Waals surface area contributed by atoms with Gasteiger partial charge in [-0.3, -0.25) is 0 Å². The molecule has 1 aromatic carbocycles. The van der Waals surface area contributed by atoms with Crippen molar-refractivity contribution in [3.05, 3.63) is 29.3 Å². The summed E-state index contributed by atoms with van der Waals surface area (Å²) in [6, 6.07) is 5.17. The molecule has 0 aliphatic heterocycles. The highest BCUT2D eigenvalue weighted by Gasteiger charge is 2.24. The van der Waals surface area contributed by atoms with Crippen molar-refractivity contribution in [3.63, 3.8) is 0 Å². The third kappa shape index (κ3) is 3.29. The monoisotopic (exact) mass is 272 g/mol. The molecule has 6 heteroatoms. The van der Waals surface area contributed by atoms with Crippen LogP contribution in [0.4, 0.5) is 0 Å². The van der Waals surface area contributed by atoms with Gasteiger partial charge in [0.2, 0.25) is 10.0 Å². The van der Waals surface area contributed by atoms with E-state index in [1.807, 2.05) is 13.0 Å². The Labute approximate surface area is 108 Å². The first kappa shape index (κ1) is 15.1. The van der Waals surface area contributed by atoms with Gasteiger partial charge in [-0.15, -0.1) is 0 Å². The first-order valence-corrected chi connectivity index (χ1v) is 7.14. The minimum absolute atomic E-state index is 0.00779. The summed E-state index contributed by atoms with van der Waals surface area (Å²) in [6.07, 6.45) is -0.851. The highest BCUT2D eigenvalue weighted by molar-refractivity contribution is 7.89. The van der Waals surface area contributed by atoms with Crippen LogP contribution in [0.1, 0.15) is 11.1 Å². The second-order valence-electron chi connectivity index (χ2n) is 4.44. The number of sulfonamides is 1. The van der Waals surface area contributed by atoms with Gasteiger partial charge in [-0.05, 0) is 25.5 Å².